The molecular weight excluding hydrogens is 312 g/mol. The summed E-state index contributed by atoms with van der Waals surface area (Å²) in [5, 5.41) is 0. The van der Waals surface area contributed by atoms with E-state index in [-0.39, 0.29) is 11.4 Å². The van der Waals surface area contributed by atoms with Gasteiger partial charge in [-0.3, -0.25) is 0 Å². The minimum atomic E-state index is -0.340. The summed E-state index contributed by atoms with van der Waals surface area (Å²) in [5.41, 5.74) is 3.35. The highest BCUT2D eigenvalue weighted by molar-refractivity contribution is 5.92. The highest BCUT2D eigenvalue weighted by atomic mass is 16.5. The highest BCUT2D eigenvalue weighted by Gasteiger charge is 2.28. The number of fused-ring (bicyclic) bond motifs is 1. The van der Waals surface area contributed by atoms with E-state index in [1.165, 1.54) is 5.56 Å². The maximum absolute atomic E-state index is 12.0. The van der Waals surface area contributed by atoms with Crippen molar-refractivity contribution in [2.45, 2.75) is 32.6 Å². The Morgan fingerprint density at radius 1 is 1.20 bits per heavy atom. The molecule has 2 aromatic rings. The fourth-order valence-electron chi connectivity index (χ4n) is 2.93. The zero-order chi connectivity index (χ0) is 17.9. The Morgan fingerprint density at radius 2 is 2.00 bits per heavy atom. The topological polar surface area (TPSA) is 35.5 Å². The van der Waals surface area contributed by atoms with E-state index < -0.39 is 0 Å². The number of esters is 1. The summed E-state index contributed by atoms with van der Waals surface area (Å²) in [6.07, 6.45) is 0.989. The van der Waals surface area contributed by atoms with Gasteiger partial charge in [0.1, 0.15) is 5.75 Å². The van der Waals surface area contributed by atoms with E-state index in [2.05, 4.69) is 31.8 Å². The predicted molar refractivity (Wildman–Crippen MR) is 98.0 cm³/mol. The van der Waals surface area contributed by atoms with E-state index in [1.807, 2.05) is 30.3 Å². The number of hydrogen-bond donors (Lipinski definition) is 0. The van der Waals surface area contributed by atoms with Crippen LogP contribution in [0.2, 0.25) is 0 Å². The van der Waals surface area contributed by atoms with Crippen LogP contribution in [0, 0.1) is 11.8 Å². The van der Waals surface area contributed by atoms with Crippen molar-refractivity contribution in [2.24, 2.45) is 0 Å². The molecule has 0 amide bonds. The quantitative estimate of drug-likeness (QED) is 0.606. The van der Waals surface area contributed by atoms with Crippen LogP contribution < -0.4 is 4.74 Å². The minimum absolute atomic E-state index is 0.0775. The largest absolute Gasteiger partial charge is 0.493 e. The summed E-state index contributed by atoms with van der Waals surface area (Å²) in [7, 11) is 0. The molecule has 0 N–H and O–H groups in total. The lowest BCUT2D eigenvalue weighted by atomic mass is 9.79. The molecule has 25 heavy (non-hydrogen) atoms. The molecule has 0 saturated heterocycles. The first-order chi connectivity index (χ1) is 12.0. The van der Waals surface area contributed by atoms with E-state index in [0.717, 1.165) is 24.3 Å². The average Bonchev–Trinajstić information content (AvgIpc) is 2.60. The molecule has 0 bridgehead atoms. The lowest BCUT2D eigenvalue weighted by molar-refractivity contribution is 0.0526. The van der Waals surface area contributed by atoms with Gasteiger partial charge >= 0.3 is 5.97 Å². The third-order valence-electron chi connectivity index (χ3n) is 4.46. The van der Waals surface area contributed by atoms with Crippen LogP contribution in [-0.2, 0) is 10.2 Å². The zero-order valence-electron chi connectivity index (χ0n) is 14.9. The summed E-state index contributed by atoms with van der Waals surface area (Å²) >= 11 is 0. The van der Waals surface area contributed by atoms with E-state index in [0.29, 0.717) is 17.7 Å². The third kappa shape index (κ3) is 3.69. The summed E-state index contributed by atoms with van der Waals surface area (Å²) in [6.45, 7) is 7.34. The SMILES string of the molecule is CCOC(=O)c1ccccc1C#Cc1ccc2c(c1)C(C)(C)CCO2. The molecule has 0 spiro atoms. The number of benzene rings is 2. The maximum atomic E-state index is 12.0. The second-order valence-electron chi connectivity index (χ2n) is 6.71. The molecule has 3 rings (SSSR count). The second kappa shape index (κ2) is 7.03. The van der Waals surface area contributed by atoms with Gasteiger partial charge in [0, 0.05) is 16.7 Å². The first-order valence-electron chi connectivity index (χ1n) is 8.57. The molecule has 0 aromatic heterocycles. The van der Waals surface area contributed by atoms with Crippen LogP contribution in [0.5, 0.6) is 5.75 Å². The fourth-order valence-corrected chi connectivity index (χ4v) is 2.93. The van der Waals surface area contributed by atoms with Gasteiger partial charge in [-0.2, -0.15) is 0 Å². The number of carbonyl (C=O) groups excluding carboxylic acids is 1. The third-order valence-corrected chi connectivity index (χ3v) is 4.46. The van der Waals surface area contributed by atoms with Crippen molar-refractivity contribution in [3.8, 4) is 17.6 Å². The molecule has 1 aliphatic heterocycles. The van der Waals surface area contributed by atoms with E-state index >= 15 is 0 Å². The molecule has 3 nitrogen and oxygen atoms in total. The average molecular weight is 334 g/mol. The highest BCUT2D eigenvalue weighted by Crippen LogP contribution is 2.38. The number of carbonyl (C=O) groups is 1. The molecule has 0 unspecified atom stereocenters. The van der Waals surface area contributed by atoms with Gasteiger partial charge in [0.25, 0.3) is 0 Å². The number of hydrogen-bond acceptors (Lipinski definition) is 3. The van der Waals surface area contributed by atoms with Crippen LogP contribution in [0.15, 0.2) is 42.5 Å². The molecule has 0 saturated carbocycles. The van der Waals surface area contributed by atoms with Gasteiger partial charge in [-0.05, 0) is 49.1 Å². The van der Waals surface area contributed by atoms with Crippen LogP contribution in [0.25, 0.3) is 0 Å². The molecular formula is C22H22O3. The van der Waals surface area contributed by atoms with Gasteiger partial charge in [-0.1, -0.05) is 37.8 Å². The fraction of sp³-hybridized carbons (Fsp3) is 0.318. The van der Waals surface area contributed by atoms with Gasteiger partial charge in [0.2, 0.25) is 0 Å². The molecule has 0 radical (unpaired) electrons. The van der Waals surface area contributed by atoms with Crippen molar-refractivity contribution >= 4 is 5.97 Å². The van der Waals surface area contributed by atoms with Crippen LogP contribution in [0.3, 0.4) is 0 Å². The predicted octanol–water partition coefficient (Wildman–Crippen LogP) is 4.32. The van der Waals surface area contributed by atoms with Crippen LogP contribution in [0.1, 0.15) is 54.2 Å². The Bertz CT molecular complexity index is 853. The molecule has 0 atom stereocenters. The maximum Gasteiger partial charge on any atom is 0.339 e. The second-order valence-corrected chi connectivity index (χ2v) is 6.71. The molecule has 2 aromatic carbocycles. The molecule has 1 aliphatic rings. The molecule has 0 fully saturated rings. The minimum Gasteiger partial charge on any atom is -0.493 e. The van der Waals surface area contributed by atoms with E-state index in [1.54, 1.807) is 13.0 Å². The zero-order valence-corrected chi connectivity index (χ0v) is 14.9. The molecule has 0 aliphatic carbocycles. The molecule has 3 heteroatoms. The van der Waals surface area contributed by atoms with Crippen molar-refractivity contribution in [2.75, 3.05) is 13.2 Å². The molecule has 1 heterocycles. The first-order valence-corrected chi connectivity index (χ1v) is 8.57. The lowest BCUT2D eigenvalue weighted by Crippen LogP contribution is -2.26. The van der Waals surface area contributed by atoms with Gasteiger partial charge < -0.3 is 9.47 Å². The standard InChI is InChI=1S/C22H22O3/c1-4-24-21(23)18-8-6-5-7-17(18)11-9-16-10-12-20-19(15-16)22(2,3)13-14-25-20/h5-8,10,12,15H,4,13-14H2,1-3H3. The van der Waals surface area contributed by atoms with Crippen molar-refractivity contribution in [3.05, 3.63) is 64.7 Å². The van der Waals surface area contributed by atoms with Crippen molar-refractivity contribution in [1.29, 1.82) is 0 Å². The smallest absolute Gasteiger partial charge is 0.339 e. The summed E-state index contributed by atoms with van der Waals surface area (Å²) in [5.74, 6) is 6.88. The monoisotopic (exact) mass is 334 g/mol. The Labute approximate surface area is 149 Å². The number of ether oxygens (including phenoxy) is 2. The summed E-state index contributed by atoms with van der Waals surface area (Å²) < 4.78 is 10.8. The lowest BCUT2D eigenvalue weighted by Gasteiger charge is -2.32. The van der Waals surface area contributed by atoms with Gasteiger partial charge in [-0.25, -0.2) is 4.79 Å². The Balaban J connectivity index is 1.94. The van der Waals surface area contributed by atoms with Gasteiger partial charge in [0.15, 0.2) is 0 Å². The van der Waals surface area contributed by atoms with E-state index in [4.69, 9.17) is 9.47 Å². The van der Waals surface area contributed by atoms with E-state index in [9.17, 15) is 4.79 Å². The summed E-state index contributed by atoms with van der Waals surface area (Å²) in [4.78, 5) is 12.0. The van der Waals surface area contributed by atoms with Crippen LogP contribution in [-0.4, -0.2) is 19.2 Å². The van der Waals surface area contributed by atoms with Crippen molar-refractivity contribution < 1.29 is 14.3 Å². The Hall–Kier alpha value is -2.73. The number of rotatable bonds is 2. The summed E-state index contributed by atoms with van der Waals surface area (Å²) in [6, 6.07) is 13.3. The van der Waals surface area contributed by atoms with Crippen molar-refractivity contribution in [3.63, 3.8) is 0 Å². The van der Waals surface area contributed by atoms with Gasteiger partial charge in [0.05, 0.1) is 18.8 Å². The first kappa shape index (κ1) is 17.1. The van der Waals surface area contributed by atoms with Crippen LogP contribution in [0.4, 0.5) is 0 Å². The normalized spacial score (nSPS) is 14.5. The van der Waals surface area contributed by atoms with Gasteiger partial charge in [-0.15, -0.1) is 0 Å². The van der Waals surface area contributed by atoms with Crippen LogP contribution >= 0.6 is 0 Å². The molecule has 128 valence electrons. The van der Waals surface area contributed by atoms with Crippen molar-refractivity contribution in [1.82, 2.24) is 0 Å². The Kier molecular flexibility index (Phi) is 4.81. The Morgan fingerprint density at radius 3 is 2.80 bits per heavy atom.